The molecule has 2 atom stereocenters. The fraction of sp³-hybridized carbons (Fsp3) is 0.750. The van der Waals surface area contributed by atoms with E-state index in [1.54, 1.807) is 6.26 Å². The smallest absolute Gasteiger partial charge is 0.317 e. The van der Waals surface area contributed by atoms with Gasteiger partial charge in [0.2, 0.25) is 0 Å². The molecule has 1 aromatic rings. The second-order valence-electron chi connectivity index (χ2n) is 8.73. The fourth-order valence-corrected chi connectivity index (χ4v) is 6.29. The summed E-state index contributed by atoms with van der Waals surface area (Å²) in [7, 11) is 1.88. The van der Waals surface area contributed by atoms with E-state index in [4.69, 9.17) is 9.15 Å². The van der Waals surface area contributed by atoms with Gasteiger partial charge in [0, 0.05) is 31.7 Å². The van der Waals surface area contributed by atoms with Gasteiger partial charge in [-0.2, -0.15) is 0 Å². The highest BCUT2D eigenvalue weighted by Crippen LogP contribution is 2.57. The lowest BCUT2D eigenvalue weighted by Crippen LogP contribution is -2.63. The average Bonchev–Trinajstić information content (AvgIpc) is 2.94. The van der Waals surface area contributed by atoms with Crippen LogP contribution in [0.25, 0.3) is 0 Å². The fourth-order valence-electron chi connectivity index (χ4n) is 6.29. The van der Waals surface area contributed by atoms with Crippen LogP contribution in [0.2, 0.25) is 0 Å². The Kier molecular flexibility index (Phi) is 3.63. The number of nitrogens with zero attached hydrogens (tertiary/aromatic N) is 1. The molecule has 2 heterocycles. The Morgan fingerprint density at radius 2 is 2.12 bits per heavy atom. The summed E-state index contributed by atoms with van der Waals surface area (Å²) < 4.78 is 11.5. The van der Waals surface area contributed by atoms with Gasteiger partial charge in [-0.05, 0) is 62.3 Å². The van der Waals surface area contributed by atoms with Gasteiger partial charge in [0.05, 0.1) is 18.4 Å². The molecule has 2 unspecified atom stereocenters. The van der Waals surface area contributed by atoms with Crippen molar-refractivity contribution < 1.29 is 13.9 Å². The van der Waals surface area contributed by atoms with Crippen molar-refractivity contribution in [2.24, 2.45) is 17.8 Å². The summed E-state index contributed by atoms with van der Waals surface area (Å²) in [6.45, 7) is 1.48. The van der Waals surface area contributed by atoms with Gasteiger partial charge in [0.1, 0.15) is 5.76 Å². The van der Waals surface area contributed by atoms with E-state index in [9.17, 15) is 4.79 Å². The monoisotopic (exact) mass is 344 g/mol. The Labute approximate surface area is 149 Å². The average molecular weight is 344 g/mol. The number of nitrogens with one attached hydrogen (secondary N) is 1. The molecule has 4 aliphatic carbocycles. The van der Waals surface area contributed by atoms with Crippen LogP contribution in [0.4, 0.5) is 4.79 Å². The number of rotatable bonds is 2. The lowest BCUT2D eigenvalue weighted by Gasteiger charge is -2.59. The van der Waals surface area contributed by atoms with Crippen LogP contribution in [0.15, 0.2) is 16.7 Å². The molecule has 5 heteroatoms. The molecule has 4 saturated carbocycles. The second kappa shape index (κ2) is 5.76. The van der Waals surface area contributed by atoms with Crippen LogP contribution >= 0.6 is 0 Å². The molecular weight excluding hydrogens is 316 g/mol. The Morgan fingerprint density at radius 3 is 2.88 bits per heavy atom. The molecule has 6 rings (SSSR count). The molecule has 2 amide bonds. The minimum absolute atomic E-state index is 0.103. The number of urea groups is 1. The van der Waals surface area contributed by atoms with Crippen LogP contribution in [-0.2, 0) is 17.7 Å². The van der Waals surface area contributed by atoms with Crippen LogP contribution in [-0.4, -0.2) is 36.2 Å². The van der Waals surface area contributed by atoms with E-state index in [1.165, 1.54) is 19.3 Å². The van der Waals surface area contributed by atoms with Crippen molar-refractivity contribution in [3.8, 4) is 0 Å². The van der Waals surface area contributed by atoms with Gasteiger partial charge in [-0.15, -0.1) is 0 Å². The molecule has 0 saturated heterocycles. The lowest BCUT2D eigenvalue weighted by molar-refractivity contribution is -0.156. The van der Waals surface area contributed by atoms with Crippen molar-refractivity contribution >= 4 is 6.03 Å². The number of carbonyl (C=O) groups excluding carboxylic acids is 1. The number of methoxy groups -OCH3 is 1. The Balaban J connectivity index is 1.29. The maximum absolute atomic E-state index is 13.0. The molecule has 25 heavy (non-hydrogen) atoms. The van der Waals surface area contributed by atoms with Crippen LogP contribution < -0.4 is 5.32 Å². The van der Waals surface area contributed by atoms with E-state index in [1.807, 2.05) is 18.1 Å². The van der Waals surface area contributed by atoms with E-state index < -0.39 is 0 Å². The Hall–Kier alpha value is -1.49. The number of amides is 2. The van der Waals surface area contributed by atoms with Gasteiger partial charge in [-0.25, -0.2) is 4.79 Å². The maximum Gasteiger partial charge on any atom is 0.317 e. The number of aryl methyl sites for hydroxylation is 1. The van der Waals surface area contributed by atoms with E-state index >= 15 is 0 Å². The molecule has 0 radical (unpaired) electrons. The van der Waals surface area contributed by atoms with E-state index in [0.29, 0.717) is 24.4 Å². The van der Waals surface area contributed by atoms with Crippen LogP contribution in [0.5, 0.6) is 0 Å². The summed E-state index contributed by atoms with van der Waals surface area (Å²) in [5.41, 5.74) is 1.27. The summed E-state index contributed by atoms with van der Waals surface area (Å²) in [6.07, 6.45) is 9.64. The summed E-state index contributed by atoms with van der Waals surface area (Å²) in [4.78, 5) is 14.9. The van der Waals surface area contributed by atoms with Crippen molar-refractivity contribution in [1.29, 1.82) is 0 Å². The normalized spacial score (nSPS) is 39.2. The third-order valence-electron chi connectivity index (χ3n) is 7.26. The molecule has 1 N–H and O–H groups in total. The first-order chi connectivity index (χ1) is 12.2. The highest BCUT2D eigenvalue weighted by molar-refractivity contribution is 5.74. The standard InChI is InChI=1S/C20H28N2O3/c1-24-20-9-13-7-15(10-20)18(16(8-13)11-20)21-19(23)22-5-2-3-17-14(12-22)4-6-25-17/h4,6,13,15-16,18H,2-3,5,7-12H2,1H3,(H,21,23). The van der Waals surface area contributed by atoms with Gasteiger partial charge in [0.25, 0.3) is 0 Å². The van der Waals surface area contributed by atoms with Crippen LogP contribution in [0.3, 0.4) is 0 Å². The third-order valence-corrected chi connectivity index (χ3v) is 7.26. The number of furan rings is 1. The molecule has 4 fully saturated rings. The number of carbonyl (C=O) groups is 1. The zero-order chi connectivity index (χ0) is 17.0. The minimum atomic E-state index is 0.103. The van der Waals surface area contributed by atoms with E-state index in [2.05, 4.69) is 5.32 Å². The van der Waals surface area contributed by atoms with E-state index in [0.717, 1.165) is 49.5 Å². The molecule has 0 aromatic carbocycles. The molecule has 5 nitrogen and oxygen atoms in total. The zero-order valence-electron chi connectivity index (χ0n) is 15.0. The lowest BCUT2D eigenvalue weighted by atomic mass is 9.52. The molecule has 1 aromatic heterocycles. The first-order valence-electron chi connectivity index (χ1n) is 9.82. The Bertz CT molecular complexity index is 654. The zero-order valence-corrected chi connectivity index (χ0v) is 15.0. The van der Waals surface area contributed by atoms with Crippen molar-refractivity contribution in [1.82, 2.24) is 10.2 Å². The number of hydrogen-bond donors (Lipinski definition) is 1. The molecule has 0 spiro atoms. The van der Waals surface area contributed by atoms with Gasteiger partial charge in [-0.3, -0.25) is 0 Å². The summed E-state index contributed by atoms with van der Waals surface area (Å²) >= 11 is 0. The molecule has 5 aliphatic rings. The van der Waals surface area contributed by atoms with Gasteiger partial charge < -0.3 is 19.4 Å². The highest BCUT2D eigenvalue weighted by atomic mass is 16.5. The molecular formula is C20H28N2O3. The predicted molar refractivity (Wildman–Crippen MR) is 93.1 cm³/mol. The first-order valence-corrected chi connectivity index (χ1v) is 9.82. The minimum Gasteiger partial charge on any atom is -0.469 e. The van der Waals surface area contributed by atoms with Crippen LogP contribution in [0, 0.1) is 17.8 Å². The molecule has 1 aliphatic heterocycles. The van der Waals surface area contributed by atoms with Crippen LogP contribution in [0.1, 0.15) is 49.8 Å². The van der Waals surface area contributed by atoms with Crippen molar-refractivity contribution in [3.63, 3.8) is 0 Å². The van der Waals surface area contributed by atoms with Gasteiger partial charge >= 0.3 is 6.03 Å². The van der Waals surface area contributed by atoms with Crippen molar-refractivity contribution in [3.05, 3.63) is 23.7 Å². The quantitative estimate of drug-likeness (QED) is 0.895. The topological polar surface area (TPSA) is 54.7 Å². The summed E-state index contributed by atoms with van der Waals surface area (Å²) in [5, 5.41) is 3.42. The highest BCUT2D eigenvalue weighted by Gasteiger charge is 2.56. The summed E-state index contributed by atoms with van der Waals surface area (Å²) in [6, 6.07) is 2.45. The second-order valence-corrected chi connectivity index (χ2v) is 8.73. The van der Waals surface area contributed by atoms with Gasteiger partial charge in [0.15, 0.2) is 0 Å². The molecule has 136 valence electrons. The third kappa shape index (κ3) is 2.59. The maximum atomic E-state index is 13.0. The number of fused-ring (bicyclic) bond motifs is 1. The largest absolute Gasteiger partial charge is 0.469 e. The SMILES string of the molecule is COC12CC3CC(C1)C(NC(=O)N1CCCc4occc4C1)C(C3)C2. The Morgan fingerprint density at radius 1 is 1.32 bits per heavy atom. The number of ether oxygens (including phenoxy) is 1. The van der Waals surface area contributed by atoms with Crippen molar-refractivity contribution in [2.45, 2.75) is 63.1 Å². The van der Waals surface area contributed by atoms with E-state index in [-0.39, 0.29) is 11.6 Å². The first kappa shape index (κ1) is 15.7. The number of hydrogen-bond acceptors (Lipinski definition) is 3. The summed E-state index contributed by atoms with van der Waals surface area (Å²) in [5.74, 6) is 3.03. The van der Waals surface area contributed by atoms with Crippen molar-refractivity contribution in [2.75, 3.05) is 13.7 Å². The predicted octanol–water partition coefficient (Wildman–Crippen LogP) is 3.33. The molecule has 4 bridgehead atoms. The van der Waals surface area contributed by atoms with Gasteiger partial charge in [-0.1, -0.05) is 0 Å².